The fourth-order valence-electron chi connectivity index (χ4n) is 2.10. The molecule has 0 radical (unpaired) electrons. The molecule has 1 aromatic heterocycles. The lowest BCUT2D eigenvalue weighted by Crippen LogP contribution is -2.25. The second-order valence-electron chi connectivity index (χ2n) is 4.89. The van der Waals surface area contributed by atoms with Gasteiger partial charge in [0.05, 0.1) is 22.1 Å². The van der Waals surface area contributed by atoms with E-state index < -0.39 is 6.04 Å². The third-order valence-corrected chi connectivity index (χ3v) is 3.64. The number of rotatable bonds is 3. The summed E-state index contributed by atoms with van der Waals surface area (Å²) in [6.45, 7) is 5.53. The summed E-state index contributed by atoms with van der Waals surface area (Å²) in [7, 11) is 0. The van der Waals surface area contributed by atoms with Crippen LogP contribution in [0.5, 0.6) is 0 Å². The highest BCUT2D eigenvalue weighted by molar-refractivity contribution is 6.37. The van der Waals surface area contributed by atoms with Crippen LogP contribution in [0.3, 0.4) is 0 Å². The Labute approximate surface area is 133 Å². The van der Waals surface area contributed by atoms with Gasteiger partial charge >= 0.3 is 0 Å². The largest absolute Gasteiger partial charge is 0.397 e. The van der Waals surface area contributed by atoms with Crippen LogP contribution in [0.2, 0.25) is 10.0 Å². The van der Waals surface area contributed by atoms with Crippen LogP contribution in [0.4, 0.5) is 11.4 Å². The number of nitrogens with two attached hydrogens (primary N) is 1. The highest BCUT2D eigenvalue weighted by atomic mass is 35.5. The molecule has 5 nitrogen and oxygen atoms in total. The molecule has 2 rings (SSSR count). The summed E-state index contributed by atoms with van der Waals surface area (Å²) < 4.78 is 1.66. The first-order valence-electron chi connectivity index (χ1n) is 6.37. The zero-order valence-corrected chi connectivity index (χ0v) is 13.5. The van der Waals surface area contributed by atoms with Gasteiger partial charge in [0.1, 0.15) is 6.04 Å². The Hall–Kier alpha value is -1.72. The van der Waals surface area contributed by atoms with Gasteiger partial charge in [-0.3, -0.25) is 9.48 Å². The van der Waals surface area contributed by atoms with Crippen LogP contribution in [-0.4, -0.2) is 15.7 Å². The van der Waals surface area contributed by atoms with E-state index in [1.54, 1.807) is 11.6 Å². The van der Waals surface area contributed by atoms with Crippen molar-refractivity contribution in [1.29, 1.82) is 0 Å². The number of nitrogens with one attached hydrogen (secondary N) is 1. The number of benzene rings is 1. The van der Waals surface area contributed by atoms with Gasteiger partial charge in [-0.05, 0) is 39.0 Å². The van der Waals surface area contributed by atoms with Crippen LogP contribution in [-0.2, 0) is 4.79 Å². The van der Waals surface area contributed by atoms with E-state index in [0.717, 1.165) is 11.4 Å². The van der Waals surface area contributed by atoms with Gasteiger partial charge in [-0.25, -0.2) is 0 Å². The first kappa shape index (κ1) is 15.7. The second kappa shape index (κ2) is 5.95. The SMILES string of the molecule is Cc1cc(C)n(C(C)C(=O)Nc2c(N)cc(Cl)cc2Cl)n1. The molecular weight excluding hydrogens is 311 g/mol. The minimum Gasteiger partial charge on any atom is -0.397 e. The molecule has 1 heterocycles. The maximum absolute atomic E-state index is 12.3. The number of hydrogen-bond acceptors (Lipinski definition) is 3. The zero-order valence-electron chi connectivity index (χ0n) is 11.9. The number of carbonyl (C=O) groups is 1. The summed E-state index contributed by atoms with van der Waals surface area (Å²) in [4.78, 5) is 12.3. The van der Waals surface area contributed by atoms with E-state index in [9.17, 15) is 4.79 Å². The smallest absolute Gasteiger partial charge is 0.249 e. The van der Waals surface area contributed by atoms with Crippen molar-refractivity contribution in [3.05, 3.63) is 39.6 Å². The maximum Gasteiger partial charge on any atom is 0.249 e. The van der Waals surface area contributed by atoms with E-state index in [0.29, 0.717) is 21.4 Å². The second-order valence-corrected chi connectivity index (χ2v) is 5.73. The van der Waals surface area contributed by atoms with Crippen molar-refractivity contribution in [3.63, 3.8) is 0 Å². The Morgan fingerprint density at radius 3 is 2.52 bits per heavy atom. The average Bonchev–Trinajstić information content (AvgIpc) is 2.71. The lowest BCUT2D eigenvalue weighted by molar-refractivity contribution is -0.119. The number of nitrogen functional groups attached to an aromatic ring is 1. The van der Waals surface area contributed by atoms with E-state index in [1.165, 1.54) is 12.1 Å². The van der Waals surface area contributed by atoms with Crippen LogP contribution in [0.1, 0.15) is 24.4 Å². The van der Waals surface area contributed by atoms with Crippen molar-refractivity contribution in [2.45, 2.75) is 26.8 Å². The quantitative estimate of drug-likeness (QED) is 0.846. The third kappa shape index (κ3) is 3.31. The highest BCUT2D eigenvalue weighted by Crippen LogP contribution is 2.32. The topological polar surface area (TPSA) is 72.9 Å². The lowest BCUT2D eigenvalue weighted by Gasteiger charge is -2.16. The van der Waals surface area contributed by atoms with Crippen LogP contribution < -0.4 is 11.1 Å². The Balaban J connectivity index is 2.24. The van der Waals surface area contributed by atoms with E-state index >= 15 is 0 Å². The fourth-order valence-corrected chi connectivity index (χ4v) is 2.66. The van der Waals surface area contributed by atoms with Crippen LogP contribution in [0, 0.1) is 13.8 Å². The van der Waals surface area contributed by atoms with E-state index in [-0.39, 0.29) is 5.91 Å². The molecule has 0 aliphatic rings. The predicted molar refractivity (Wildman–Crippen MR) is 85.9 cm³/mol. The third-order valence-electron chi connectivity index (χ3n) is 3.12. The molecule has 1 amide bonds. The van der Waals surface area contributed by atoms with Gasteiger partial charge in [0.2, 0.25) is 5.91 Å². The molecule has 0 saturated carbocycles. The molecule has 0 bridgehead atoms. The Morgan fingerprint density at radius 1 is 1.33 bits per heavy atom. The standard InChI is InChI=1S/C14H16Cl2N4O/c1-7-4-8(2)20(19-7)9(3)14(21)18-13-11(16)5-10(15)6-12(13)17/h4-6,9H,17H2,1-3H3,(H,18,21). The van der Waals surface area contributed by atoms with Crippen molar-refractivity contribution in [3.8, 4) is 0 Å². The molecule has 112 valence electrons. The average molecular weight is 327 g/mol. The molecule has 0 aliphatic heterocycles. The van der Waals surface area contributed by atoms with Crippen molar-refractivity contribution >= 4 is 40.5 Å². The first-order chi connectivity index (χ1) is 9.79. The lowest BCUT2D eigenvalue weighted by atomic mass is 10.2. The molecule has 0 aliphatic carbocycles. The van der Waals surface area contributed by atoms with Crippen LogP contribution in [0.15, 0.2) is 18.2 Å². The summed E-state index contributed by atoms with van der Waals surface area (Å²) >= 11 is 11.9. The summed E-state index contributed by atoms with van der Waals surface area (Å²) in [5.74, 6) is -0.253. The molecule has 1 unspecified atom stereocenters. The van der Waals surface area contributed by atoms with Crippen LogP contribution in [0.25, 0.3) is 0 Å². The summed E-state index contributed by atoms with van der Waals surface area (Å²) in [6, 6.07) is 4.50. The summed E-state index contributed by atoms with van der Waals surface area (Å²) in [5.41, 5.74) is 8.28. The number of amides is 1. The molecule has 1 aromatic carbocycles. The fraction of sp³-hybridized carbons (Fsp3) is 0.286. The molecule has 0 fully saturated rings. The normalized spacial score (nSPS) is 12.2. The molecule has 1 atom stereocenters. The zero-order chi connectivity index (χ0) is 15.7. The minimum absolute atomic E-state index is 0.253. The Kier molecular flexibility index (Phi) is 4.44. The van der Waals surface area contributed by atoms with Gasteiger partial charge in [-0.2, -0.15) is 5.10 Å². The number of aryl methyl sites for hydroxylation is 2. The number of anilines is 2. The maximum atomic E-state index is 12.3. The molecular formula is C14H16Cl2N4O. The Bertz CT molecular complexity index is 673. The number of carbonyl (C=O) groups excluding carboxylic acids is 1. The Morgan fingerprint density at radius 2 is 2.00 bits per heavy atom. The molecule has 7 heteroatoms. The van der Waals surface area contributed by atoms with Crippen LogP contribution >= 0.6 is 23.2 Å². The van der Waals surface area contributed by atoms with Gasteiger partial charge in [0.15, 0.2) is 0 Å². The number of aromatic nitrogens is 2. The van der Waals surface area contributed by atoms with Gasteiger partial charge in [-0.1, -0.05) is 23.2 Å². The van der Waals surface area contributed by atoms with Gasteiger partial charge in [0.25, 0.3) is 0 Å². The van der Waals surface area contributed by atoms with E-state index in [2.05, 4.69) is 10.4 Å². The molecule has 0 saturated heterocycles. The molecule has 2 aromatic rings. The van der Waals surface area contributed by atoms with Crippen molar-refractivity contribution in [1.82, 2.24) is 9.78 Å². The number of halogens is 2. The molecule has 0 spiro atoms. The highest BCUT2D eigenvalue weighted by Gasteiger charge is 2.20. The first-order valence-corrected chi connectivity index (χ1v) is 7.13. The van der Waals surface area contributed by atoms with E-state index in [4.69, 9.17) is 28.9 Å². The molecule has 3 N–H and O–H groups in total. The van der Waals surface area contributed by atoms with Crippen molar-refractivity contribution < 1.29 is 4.79 Å². The number of hydrogen-bond donors (Lipinski definition) is 2. The van der Waals surface area contributed by atoms with E-state index in [1.807, 2.05) is 19.9 Å². The van der Waals surface area contributed by atoms with Gasteiger partial charge < -0.3 is 11.1 Å². The van der Waals surface area contributed by atoms with Gasteiger partial charge in [-0.15, -0.1) is 0 Å². The van der Waals surface area contributed by atoms with Crippen molar-refractivity contribution in [2.75, 3.05) is 11.1 Å². The minimum atomic E-state index is -0.482. The number of nitrogens with zero attached hydrogens (tertiary/aromatic N) is 2. The summed E-state index contributed by atoms with van der Waals surface area (Å²) in [6.07, 6.45) is 0. The van der Waals surface area contributed by atoms with Crippen molar-refractivity contribution in [2.24, 2.45) is 0 Å². The monoisotopic (exact) mass is 326 g/mol. The predicted octanol–water partition coefficient (Wildman–Crippen LogP) is 3.59. The van der Waals surface area contributed by atoms with Gasteiger partial charge in [0, 0.05) is 10.7 Å². The molecule has 21 heavy (non-hydrogen) atoms. The summed E-state index contributed by atoms with van der Waals surface area (Å²) in [5, 5.41) is 7.75.